The molecule has 1 aromatic rings. The summed E-state index contributed by atoms with van der Waals surface area (Å²) in [5.74, 6) is 2.87. The Bertz CT molecular complexity index is 874. The zero-order chi connectivity index (χ0) is 24.1. The number of hydrogen-bond donors (Lipinski definition) is 1. The molecule has 0 radical (unpaired) electrons. The van der Waals surface area contributed by atoms with Gasteiger partial charge in [-0.1, -0.05) is 0 Å². The third-order valence-corrected chi connectivity index (χ3v) is 8.68. The zero-order valence-electron chi connectivity index (χ0n) is 19.6. The van der Waals surface area contributed by atoms with Gasteiger partial charge in [-0.05, 0) is 82.5 Å². The fraction of sp³-hybridized carbons (Fsp3) is 0.875. The van der Waals surface area contributed by atoms with Crippen molar-refractivity contribution in [1.82, 2.24) is 14.8 Å². The lowest BCUT2D eigenvalue weighted by molar-refractivity contribution is -0.192. The number of carboxylic acid groups (broad SMARTS) is 1. The molecule has 3 heterocycles. The number of rotatable bonds is 4. The van der Waals surface area contributed by atoms with Gasteiger partial charge in [0.25, 0.3) is 0 Å². The van der Waals surface area contributed by atoms with Gasteiger partial charge in [0, 0.05) is 24.3 Å². The molecular formula is C24H34F3N3O4. The zero-order valence-corrected chi connectivity index (χ0v) is 19.6. The van der Waals surface area contributed by atoms with Crippen molar-refractivity contribution in [3.05, 3.63) is 11.6 Å². The van der Waals surface area contributed by atoms with E-state index < -0.39 is 12.1 Å². The second kappa shape index (κ2) is 8.76. The van der Waals surface area contributed by atoms with Crippen molar-refractivity contribution in [3.8, 4) is 0 Å². The quantitative estimate of drug-likeness (QED) is 0.659. The average Bonchev–Trinajstić information content (AvgIpc) is 3.38. The van der Waals surface area contributed by atoms with Crippen molar-refractivity contribution in [2.24, 2.45) is 17.8 Å². The lowest BCUT2D eigenvalue weighted by atomic mass is 9.49. The van der Waals surface area contributed by atoms with E-state index in [1.54, 1.807) is 0 Å². The van der Waals surface area contributed by atoms with Crippen LogP contribution in [0.2, 0.25) is 0 Å². The van der Waals surface area contributed by atoms with Crippen LogP contribution >= 0.6 is 0 Å². The van der Waals surface area contributed by atoms with Crippen LogP contribution in [0.4, 0.5) is 13.2 Å². The molecule has 0 aromatic carbocycles. The highest BCUT2D eigenvalue weighted by Crippen LogP contribution is 2.60. The molecule has 4 aliphatic carbocycles. The number of carboxylic acids is 1. The molecule has 0 amide bonds. The van der Waals surface area contributed by atoms with E-state index in [0.717, 1.165) is 50.4 Å². The Labute approximate surface area is 197 Å². The van der Waals surface area contributed by atoms with Gasteiger partial charge in [-0.2, -0.15) is 13.2 Å². The van der Waals surface area contributed by atoms with Gasteiger partial charge in [0.05, 0.1) is 13.2 Å². The molecule has 1 unspecified atom stereocenters. The predicted molar refractivity (Wildman–Crippen MR) is 115 cm³/mol. The van der Waals surface area contributed by atoms with Crippen LogP contribution in [-0.4, -0.2) is 51.0 Å². The third-order valence-electron chi connectivity index (χ3n) is 8.68. The van der Waals surface area contributed by atoms with Crippen LogP contribution in [0.1, 0.15) is 88.7 Å². The number of nitrogens with zero attached hydrogens (tertiary/aromatic N) is 3. The summed E-state index contributed by atoms with van der Waals surface area (Å²) in [7, 11) is 0. The van der Waals surface area contributed by atoms with Crippen molar-refractivity contribution in [2.75, 3.05) is 13.2 Å². The van der Waals surface area contributed by atoms with Gasteiger partial charge >= 0.3 is 12.1 Å². The number of alkyl halides is 3. The SMILES string of the molecule is CC1(CCC2CCCn3c2nnc3C23CC4CC(CC(C4)C2)C3)OCCO1.O=C(O)C(F)(F)F. The molecule has 7 rings (SSSR count). The summed E-state index contributed by atoms with van der Waals surface area (Å²) in [6, 6.07) is 0. The lowest BCUT2D eigenvalue weighted by Gasteiger charge is -2.56. The highest BCUT2D eigenvalue weighted by Gasteiger charge is 2.54. The van der Waals surface area contributed by atoms with Crippen molar-refractivity contribution in [1.29, 1.82) is 0 Å². The smallest absolute Gasteiger partial charge is 0.475 e. The van der Waals surface area contributed by atoms with Crippen LogP contribution in [0.3, 0.4) is 0 Å². The molecule has 10 heteroatoms. The molecule has 1 aromatic heterocycles. The number of fused-ring (bicyclic) bond motifs is 1. The van der Waals surface area contributed by atoms with E-state index >= 15 is 0 Å². The maximum atomic E-state index is 10.6. The first-order chi connectivity index (χ1) is 16.1. The summed E-state index contributed by atoms with van der Waals surface area (Å²) in [4.78, 5) is 8.90. The number of ether oxygens (including phenoxy) is 2. The second-order valence-corrected chi connectivity index (χ2v) is 11.2. The van der Waals surface area contributed by atoms with E-state index in [1.807, 2.05) is 0 Å². The van der Waals surface area contributed by atoms with Crippen molar-refractivity contribution in [3.63, 3.8) is 0 Å². The van der Waals surface area contributed by atoms with Gasteiger partial charge in [0.1, 0.15) is 11.6 Å². The molecule has 4 saturated carbocycles. The van der Waals surface area contributed by atoms with Crippen LogP contribution in [0, 0.1) is 17.8 Å². The van der Waals surface area contributed by atoms with Crippen molar-refractivity contribution in [2.45, 2.75) is 101 Å². The van der Waals surface area contributed by atoms with Crippen LogP contribution in [-0.2, 0) is 26.2 Å². The maximum absolute atomic E-state index is 10.6. The van der Waals surface area contributed by atoms with Crippen LogP contribution in [0.25, 0.3) is 0 Å². The molecule has 34 heavy (non-hydrogen) atoms. The number of aliphatic carboxylic acids is 1. The van der Waals surface area contributed by atoms with Gasteiger partial charge < -0.3 is 19.1 Å². The normalized spacial score (nSPS) is 35.5. The van der Waals surface area contributed by atoms with E-state index in [0.29, 0.717) is 11.3 Å². The third kappa shape index (κ3) is 4.59. The number of hydrogen-bond acceptors (Lipinski definition) is 5. The molecule has 2 aliphatic heterocycles. The van der Waals surface area contributed by atoms with Crippen molar-refractivity contribution < 1.29 is 32.5 Å². The highest BCUT2D eigenvalue weighted by molar-refractivity contribution is 5.73. The van der Waals surface area contributed by atoms with E-state index in [-0.39, 0.29) is 5.79 Å². The average molecular weight is 486 g/mol. The molecule has 1 atom stereocenters. The minimum Gasteiger partial charge on any atom is -0.475 e. The molecular weight excluding hydrogens is 451 g/mol. The Morgan fingerprint density at radius 1 is 1.09 bits per heavy atom. The van der Waals surface area contributed by atoms with E-state index in [9.17, 15) is 13.2 Å². The van der Waals surface area contributed by atoms with E-state index in [4.69, 9.17) is 29.6 Å². The van der Waals surface area contributed by atoms with Gasteiger partial charge in [0.2, 0.25) is 0 Å². The van der Waals surface area contributed by atoms with Gasteiger partial charge in [-0.25, -0.2) is 4.79 Å². The first kappa shape index (κ1) is 24.0. The maximum Gasteiger partial charge on any atom is 0.490 e. The largest absolute Gasteiger partial charge is 0.490 e. The molecule has 1 N–H and O–H groups in total. The van der Waals surface area contributed by atoms with Gasteiger partial charge in [0.15, 0.2) is 5.79 Å². The highest BCUT2D eigenvalue weighted by atomic mass is 19.4. The van der Waals surface area contributed by atoms with Crippen LogP contribution in [0.5, 0.6) is 0 Å². The number of halogens is 3. The Morgan fingerprint density at radius 3 is 2.18 bits per heavy atom. The summed E-state index contributed by atoms with van der Waals surface area (Å²) in [5, 5.41) is 16.8. The minimum atomic E-state index is -5.08. The van der Waals surface area contributed by atoms with E-state index in [1.165, 1.54) is 63.0 Å². The summed E-state index contributed by atoms with van der Waals surface area (Å²) in [5.41, 5.74) is 0.353. The van der Waals surface area contributed by atoms with E-state index in [2.05, 4.69) is 11.5 Å². The summed E-state index contributed by atoms with van der Waals surface area (Å²) < 4.78 is 45.9. The molecule has 190 valence electrons. The number of carbonyl (C=O) groups is 1. The predicted octanol–water partition coefficient (Wildman–Crippen LogP) is 4.80. The molecule has 1 saturated heterocycles. The Morgan fingerprint density at radius 2 is 1.65 bits per heavy atom. The molecule has 0 spiro atoms. The fourth-order valence-electron chi connectivity index (χ4n) is 7.65. The Hall–Kier alpha value is -1.68. The summed E-state index contributed by atoms with van der Waals surface area (Å²) in [6.07, 6.45) is 8.05. The first-order valence-corrected chi connectivity index (χ1v) is 12.6. The van der Waals surface area contributed by atoms with Crippen LogP contribution < -0.4 is 0 Å². The fourth-order valence-corrected chi connectivity index (χ4v) is 7.65. The standard InChI is InChI=1S/C22H33N3O2.C2HF3O2/c1-21(26-7-8-27-21)5-4-18-3-2-6-25-19(18)23-24-20(25)22-12-15-9-16(13-22)11-17(10-15)14-22;3-2(4,5)1(6)7/h15-18H,2-14H2,1H3;(H,6,7). The Kier molecular flexibility index (Phi) is 6.19. The Balaban J connectivity index is 0.000000304. The molecule has 7 nitrogen and oxygen atoms in total. The van der Waals surface area contributed by atoms with Crippen molar-refractivity contribution >= 4 is 5.97 Å². The topological polar surface area (TPSA) is 86.5 Å². The molecule has 4 bridgehead atoms. The van der Waals surface area contributed by atoms with Gasteiger partial charge in [-0.3, -0.25) is 0 Å². The summed E-state index contributed by atoms with van der Waals surface area (Å²) in [6.45, 7) is 4.68. The second-order valence-electron chi connectivity index (χ2n) is 11.2. The lowest BCUT2D eigenvalue weighted by Crippen LogP contribution is -2.50. The molecule has 6 aliphatic rings. The number of aromatic nitrogens is 3. The monoisotopic (exact) mass is 485 g/mol. The minimum absolute atomic E-state index is 0.353. The molecule has 5 fully saturated rings. The van der Waals surface area contributed by atoms with Crippen LogP contribution in [0.15, 0.2) is 0 Å². The van der Waals surface area contributed by atoms with Gasteiger partial charge in [-0.15, -0.1) is 10.2 Å². The first-order valence-electron chi connectivity index (χ1n) is 12.6. The summed E-state index contributed by atoms with van der Waals surface area (Å²) >= 11 is 0.